The van der Waals surface area contributed by atoms with Crippen molar-refractivity contribution in [3.63, 3.8) is 0 Å². The van der Waals surface area contributed by atoms with Gasteiger partial charge in [0.25, 0.3) is 0 Å². The summed E-state index contributed by atoms with van der Waals surface area (Å²) >= 11 is 5.92. The fourth-order valence-electron chi connectivity index (χ4n) is 2.64. The van der Waals surface area contributed by atoms with Crippen molar-refractivity contribution in [2.75, 3.05) is 5.32 Å². The lowest BCUT2D eigenvalue weighted by Gasteiger charge is -2.17. The molecule has 0 radical (unpaired) electrons. The quantitative estimate of drug-likeness (QED) is 0.667. The highest BCUT2D eigenvalue weighted by Gasteiger charge is 2.12. The van der Waals surface area contributed by atoms with Gasteiger partial charge >= 0.3 is 6.03 Å². The van der Waals surface area contributed by atoms with Crippen molar-refractivity contribution in [2.45, 2.75) is 13.0 Å². The predicted molar refractivity (Wildman–Crippen MR) is 96.0 cm³/mol. The fraction of sp³-hybridized carbons (Fsp3) is 0.105. The molecule has 0 aliphatic rings. The number of amides is 2. The zero-order chi connectivity index (χ0) is 16.2. The van der Waals surface area contributed by atoms with E-state index in [9.17, 15) is 4.79 Å². The average Bonchev–Trinajstić information content (AvgIpc) is 2.54. The van der Waals surface area contributed by atoms with E-state index < -0.39 is 0 Å². The standard InChI is InChI=1S/C19H17ClN2O/c1-13(17-11-4-7-14-6-2-3-10-18(14)17)21-19(23)22-16-9-5-8-15(20)12-16/h2-13H,1H3,(H2,21,22,23). The van der Waals surface area contributed by atoms with Crippen LogP contribution < -0.4 is 10.6 Å². The van der Waals surface area contributed by atoms with Crippen LogP contribution in [-0.4, -0.2) is 6.03 Å². The van der Waals surface area contributed by atoms with Gasteiger partial charge in [-0.05, 0) is 41.5 Å². The van der Waals surface area contributed by atoms with Gasteiger partial charge in [0.1, 0.15) is 0 Å². The number of anilines is 1. The van der Waals surface area contributed by atoms with Crippen LogP contribution in [0.25, 0.3) is 10.8 Å². The van der Waals surface area contributed by atoms with E-state index in [0.717, 1.165) is 16.3 Å². The Kier molecular flexibility index (Phi) is 4.49. The Balaban J connectivity index is 1.75. The molecule has 116 valence electrons. The van der Waals surface area contributed by atoms with Crippen LogP contribution in [0, 0.1) is 0 Å². The molecule has 2 N–H and O–H groups in total. The lowest BCUT2D eigenvalue weighted by molar-refractivity contribution is 0.249. The first-order valence-corrected chi connectivity index (χ1v) is 7.82. The first-order chi connectivity index (χ1) is 11.1. The Hall–Kier alpha value is -2.52. The molecule has 3 aromatic carbocycles. The van der Waals surface area contributed by atoms with Gasteiger partial charge in [-0.1, -0.05) is 60.1 Å². The van der Waals surface area contributed by atoms with Crippen LogP contribution >= 0.6 is 11.6 Å². The molecule has 0 spiro atoms. The Morgan fingerprint density at radius 2 is 1.74 bits per heavy atom. The Labute approximate surface area is 140 Å². The lowest BCUT2D eigenvalue weighted by Crippen LogP contribution is -2.31. The van der Waals surface area contributed by atoms with Crippen molar-refractivity contribution in [1.82, 2.24) is 5.32 Å². The first kappa shape index (κ1) is 15.4. The molecule has 0 aliphatic heterocycles. The van der Waals surface area contributed by atoms with Gasteiger partial charge in [0.2, 0.25) is 0 Å². The van der Waals surface area contributed by atoms with Gasteiger partial charge in [0, 0.05) is 10.7 Å². The van der Waals surface area contributed by atoms with E-state index in [2.05, 4.69) is 28.8 Å². The Morgan fingerprint density at radius 1 is 1.00 bits per heavy atom. The molecule has 0 saturated carbocycles. The van der Waals surface area contributed by atoms with E-state index in [0.29, 0.717) is 10.7 Å². The minimum Gasteiger partial charge on any atom is -0.331 e. The van der Waals surface area contributed by atoms with E-state index in [1.54, 1.807) is 24.3 Å². The molecular weight excluding hydrogens is 308 g/mol. The number of hydrogen-bond acceptors (Lipinski definition) is 1. The van der Waals surface area contributed by atoms with Crippen LogP contribution in [0.3, 0.4) is 0 Å². The second-order valence-electron chi connectivity index (χ2n) is 5.40. The number of carbonyl (C=O) groups is 1. The highest BCUT2D eigenvalue weighted by Crippen LogP contribution is 2.24. The maximum atomic E-state index is 12.2. The Morgan fingerprint density at radius 3 is 2.57 bits per heavy atom. The molecule has 3 rings (SSSR count). The van der Waals surface area contributed by atoms with Gasteiger partial charge in [0.15, 0.2) is 0 Å². The van der Waals surface area contributed by atoms with Crippen LogP contribution in [0.15, 0.2) is 66.7 Å². The predicted octanol–water partition coefficient (Wildman–Crippen LogP) is 5.38. The summed E-state index contributed by atoms with van der Waals surface area (Å²) in [7, 11) is 0. The highest BCUT2D eigenvalue weighted by atomic mass is 35.5. The normalized spacial score (nSPS) is 11.9. The summed E-state index contributed by atoms with van der Waals surface area (Å²) in [5.41, 5.74) is 1.75. The van der Waals surface area contributed by atoms with Crippen molar-refractivity contribution >= 4 is 34.1 Å². The summed E-state index contributed by atoms with van der Waals surface area (Å²) in [5.74, 6) is 0. The highest BCUT2D eigenvalue weighted by molar-refractivity contribution is 6.30. The second kappa shape index (κ2) is 6.71. The molecule has 4 heteroatoms. The minimum atomic E-state index is -0.257. The summed E-state index contributed by atoms with van der Waals surface area (Å²) in [6.07, 6.45) is 0. The van der Waals surface area contributed by atoms with Crippen molar-refractivity contribution in [3.8, 4) is 0 Å². The van der Waals surface area contributed by atoms with E-state index in [1.807, 2.05) is 31.2 Å². The molecule has 3 nitrogen and oxygen atoms in total. The molecule has 0 heterocycles. The zero-order valence-electron chi connectivity index (χ0n) is 12.7. The zero-order valence-corrected chi connectivity index (χ0v) is 13.5. The number of carbonyl (C=O) groups excluding carboxylic acids is 1. The number of urea groups is 1. The third-order valence-electron chi connectivity index (χ3n) is 3.72. The minimum absolute atomic E-state index is 0.111. The SMILES string of the molecule is CC(NC(=O)Nc1cccc(Cl)c1)c1cccc2ccccc12. The largest absolute Gasteiger partial charge is 0.331 e. The van der Waals surface area contributed by atoms with Gasteiger partial charge in [-0.15, -0.1) is 0 Å². The van der Waals surface area contributed by atoms with E-state index in [4.69, 9.17) is 11.6 Å². The first-order valence-electron chi connectivity index (χ1n) is 7.44. The van der Waals surface area contributed by atoms with Gasteiger partial charge in [0.05, 0.1) is 6.04 Å². The smallest absolute Gasteiger partial charge is 0.319 e. The number of halogens is 1. The molecule has 1 unspecified atom stereocenters. The number of benzene rings is 3. The molecule has 0 saturated heterocycles. The van der Waals surface area contributed by atoms with Crippen LogP contribution in [0.1, 0.15) is 18.5 Å². The van der Waals surface area contributed by atoms with E-state index in [1.165, 1.54) is 0 Å². The number of nitrogens with one attached hydrogen (secondary N) is 2. The topological polar surface area (TPSA) is 41.1 Å². The maximum absolute atomic E-state index is 12.2. The number of fused-ring (bicyclic) bond motifs is 1. The molecule has 0 aliphatic carbocycles. The van der Waals surface area contributed by atoms with Gasteiger partial charge in [-0.2, -0.15) is 0 Å². The molecule has 0 fully saturated rings. The molecule has 23 heavy (non-hydrogen) atoms. The van der Waals surface area contributed by atoms with Gasteiger partial charge < -0.3 is 10.6 Å². The summed E-state index contributed by atoms with van der Waals surface area (Å²) < 4.78 is 0. The lowest BCUT2D eigenvalue weighted by atomic mass is 10.00. The molecule has 3 aromatic rings. The molecule has 1 atom stereocenters. The number of rotatable bonds is 3. The van der Waals surface area contributed by atoms with Crippen molar-refractivity contribution in [3.05, 3.63) is 77.3 Å². The molecule has 0 bridgehead atoms. The van der Waals surface area contributed by atoms with Crippen molar-refractivity contribution in [1.29, 1.82) is 0 Å². The summed E-state index contributed by atoms with van der Waals surface area (Å²) in [6.45, 7) is 1.97. The van der Waals surface area contributed by atoms with E-state index in [-0.39, 0.29) is 12.1 Å². The second-order valence-corrected chi connectivity index (χ2v) is 5.84. The van der Waals surface area contributed by atoms with Crippen molar-refractivity contribution in [2.24, 2.45) is 0 Å². The monoisotopic (exact) mass is 324 g/mol. The van der Waals surface area contributed by atoms with Gasteiger partial charge in [-0.25, -0.2) is 4.79 Å². The number of hydrogen-bond donors (Lipinski definition) is 2. The Bertz CT molecular complexity index is 842. The summed E-state index contributed by atoms with van der Waals surface area (Å²) in [6, 6.07) is 21.0. The summed E-state index contributed by atoms with van der Waals surface area (Å²) in [4.78, 5) is 12.2. The van der Waals surface area contributed by atoms with Crippen LogP contribution in [0.5, 0.6) is 0 Å². The van der Waals surface area contributed by atoms with Gasteiger partial charge in [-0.3, -0.25) is 0 Å². The fourth-order valence-corrected chi connectivity index (χ4v) is 2.83. The van der Waals surface area contributed by atoms with Crippen LogP contribution in [0.2, 0.25) is 5.02 Å². The van der Waals surface area contributed by atoms with Crippen LogP contribution in [-0.2, 0) is 0 Å². The maximum Gasteiger partial charge on any atom is 0.319 e. The average molecular weight is 325 g/mol. The summed E-state index contributed by atoms with van der Waals surface area (Å²) in [5, 5.41) is 8.65. The molecular formula is C19H17ClN2O. The third-order valence-corrected chi connectivity index (χ3v) is 3.96. The van der Waals surface area contributed by atoms with E-state index >= 15 is 0 Å². The van der Waals surface area contributed by atoms with Crippen molar-refractivity contribution < 1.29 is 4.79 Å². The molecule has 0 aromatic heterocycles. The van der Waals surface area contributed by atoms with Crippen LogP contribution in [0.4, 0.5) is 10.5 Å². The third kappa shape index (κ3) is 3.63. The molecule has 2 amide bonds.